The first kappa shape index (κ1) is 10.2. The van der Waals surface area contributed by atoms with Crippen LogP contribution in [0, 0.1) is 0 Å². The molecule has 5 N–H and O–H groups in total. The molecule has 0 radical (unpaired) electrons. The molecule has 0 aliphatic rings. The molecule has 0 aliphatic heterocycles. The lowest BCUT2D eigenvalue weighted by Gasteiger charge is -2.00. The lowest BCUT2D eigenvalue weighted by Crippen LogP contribution is -2.26. The average molecular weight is 160 g/mol. The van der Waals surface area contributed by atoms with Gasteiger partial charge in [-0.25, -0.2) is 0 Å². The van der Waals surface area contributed by atoms with Crippen LogP contribution in [0.5, 0.6) is 0 Å². The number of guanidine groups is 1. The maximum absolute atomic E-state index is 5.11. The van der Waals surface area contributed by atoms with Crippen LogP contribution in [0.1, 0.15) is 0 Å². The van der Waals surface area contributed by atoms with Gasteiger partial charge >= 0.3 is 0 Å². The van der Waals surface area contributed by atoms with Gasteiger partial charge < -0.3 is 21.5 Å². The third-order valence-electron chi connectivity index (χ3n) is 1.07. The van der Waals surface area contributed by atoms with E-state index in [1.807, 2.05) is 0 Å². The van der Waals surface area contributed by atoms with E-state index in [1.54, 1.807) is 7.11 Å². The van der Waals surface area contributed by atoms with Gasteiger partial charge in [-0.1, -0.05) is 0 Å². The number of rotatable bonds is 6. The topological polar surface area (TPSA) is 85.7 Å². The molecule has 0 unspecified atom stereocenters. The summed E-state index contributed by atoms with van der Waals surface area (Å²) in [5, 5.41) is 3.10. The molecule has 0 aromatic heterocycles. The van der Waals surface area contributed by atoms with E-state index < -0.39 is 0 Å². The molecular formula is C6H16N4O. The molecule has 0 bridgehead atoms. The van der Waals surface area contributed by atoms with E-state index in [2.05, 4.69) is 10.3 Å². The number of ether oxygens (including phenoxy) is 1. The number of nitrogens with two attached hydrogens (primary N) is 2. The Hall–Kier alpha value is -0.810. The summed E-state index contributed by atoms with van der Waals surface area (Å²) in [6.07, 6.45) is 0. The third kappa shape index (κ3) is 9.19. The molecule has 66 valence electrons. The number of nitrogens with zero attached hydrogens (tertiary/aromatic N) is 1. The molecule has 0 saturated heterocycles. The number of hydrogen-bond donors (Lipinski definition) is 3. The Kier molecular flexibility index (Phi) is 6.76. The highest BCUT2D eigenvalue weighted by Crippen LogP contribution is 1.67. The molecule has 0 fully saturated rings. The smallest absolute Gasteiger partial charge is 0.185 e. The van der Waals surface area contributed by atoms with Crippen molar-refractivity contribution in [1.29, 1.82) is 0 Å². The lowest BCUT2D eigenvalue weighted by molar-refractivity contribution is 0.200. The highest BCUT2D eigenvalue weighted by atomic mass is 16.5. The van der Waals surface area contributed by atoms with Crippen molar-refractivity contribution in [2.45, 2.75) is 0 Å². The minimum absolute atomic E-state index is 0.138. The second-order valence-electron chi connectivity index (χ2n) is 2.05. The highest BCUT2D eigenvalue weighted by Gasteiger charge is 1.84. The molecule has 0 spiro atoms. The van der Waals surface area contributed by atoms with Gasteiger partial charge in [0.05, 0.1) is 13.2 Å². The van der Waals surface area contributed by atoms with Gasteiger partial charge in [-0.05, 0) is 0 Å². The standard InChI is InChI=1S/C6H16N4O/c1-11-5-4-9-2-3-10-6(7)8/h9H,2-5H2,1H3,(H4,7,8,10). The normalized spacial score (nSPS) is 9.55. The quantitative estimate of drug-likeness (QED) is 0.251. The molecule has 0 saturated carbocycles. The largest absolute Gasteiger partial charge is 0.383 e. The maximum atomic E-state index is 5.11. The van der Waals surface area contributed by atoms with Crippen LogP contribution >= 0.6 is 0 Å². The first-order valence-electron chi connectivity index (χ1n) is 3.52. The van der Waals surface area contributed by atoms with E-state index in [9.17, 15) is 0 Å². The van der Waals surface area contributed by atoms with Gasteiger partial charge in [-0.15, -0.1) is 0 Å². The summed E-state index contributed by atoms with van der Waals surface area (Å²) in [5.41, 5.74) is 10.2. The van der Waals surface area contributed by atoms with Crippen LogP contribution < -0.4 is 16.8 Å². The van der Waals surface area contributed by atoms with Crippen molar-refractivity contribution < 1.29 is 4.74 Å². The maximum Gasteiger partial charge on any atom is 0.185 e. The van der Waals surface area contributed by atoms with Gasteiger partial charge in [-0.2, -0.15) is 0 Å². The van der Waals surface area contributed by atoms with Crippen LogP contribution in [0.2, 0.25) is 0 Å². The van der Waals surface area contributed by atoms with E-state index in [0.29, 0.717) is 13.2 Å². The fourth-order valence-corrected chi connectivity index (χ4v) is 0.563. The fraction of sp³-hybridized carbons (Fsp3) is 0.833. The van der Waals surface area contributed by atoms with Gasteiger partial charge in [0.2, 0.25) is 0 Å². The predicted molar refractivity (Wildman–Crippen MR) is 45.4 cm³/mol. The first-order valence-corrected chi connectivity index (χ1v) is 3.52. The first-order chi connectivity index (χ1) is 5.27. The van der Waals surface area contributed by atoms with E-state index in [-0.39, 0.29) is 5.96 Å². The predicted octanol–water partition coefficient (Wildman–Crippen LogP) is -1.50. The number of hydrogen-bond acceptors (Lipinski definition) is 3. The van der Waals surface area contributed by atoms with Crippen LogP contribution in [0.3, 0.4) is 0 Å². The van der Waals surface area contributed by atoms with E-state index in [4.69, 9.17) is 16.2 Å². The molecule has 0 amide bonds. The SMILES string of the molecule is COCCNCCN=C(N)N. The van der Waals surface area contributed by atoms with Crippen molar-refractivity contribution in [3.8, 4) is 0 Å². The van der Waals surface area contributed by atoms with Crippen LogP contribution in [-0.4, -0.2) is 39.3 Å². The highest BCUT2D eigenvalue weighted by molar-refractivity contribution is 5.75. The Morgan fingerprint density at radius 2 is 2.18 bits per heavy atom. The Balaban J connectivity index is 2.97. The van der Waals surface area contributed by atoms with Crippen molar-refractivity contribution in [2.75, 3.05) is 33.4 Å². The van der Waals surface area contributed by atoms with Gasteiger partial charge in [0.25, 0.3) is 0 Å². The molecule has 0 aliphatic carbocycles. The molecule has 0 rings (SSSR count). The zero-order chi connectivity index (χ0) is 8.53. The van der Waals surface area contributed by atoms with Gasteiger partial charge in [-0.3, -0.25) is 4.99 Å². The molecule has 0 atom stereocenters. The van der Waals surface area contributed by atoms with Gasteiger partial charge in [0.1, 0.15) is 0 Å². The number of nitrogens with one attached hydrogen (secondary N) is 1. The summed E-state index contributed by atoms with van der Waals surface area (Å²) >= 11 is 0. The van der Waals surface area contributed by atoms with Crippen molar-refractivity contribution in [3.05, 3.63) is 0 Å². The summed E-state index contributed by atoms with van der Waals surface area (Å²) in [6, 6.07) is 0. The van der Waals surface area contributed by atoms with Crippen molar-refractivity contribution in [1.82, 2.24) is 5.32 Å². The van der Waals surface area contributed by atoms with Gasteiger partial charge in [0.15, 0.2) is 5.96 Å². The average Bonchev–Trinajstić information content (AvgIpc) is 1.96. The number of methoxy groups -OCH3 is 1. The second kappa shape index (κ2) is 7.30. The molecule has 5 heteroatoms. The fourth-order valence-electron chi connectivity index (χ4n) is 0.563. The molecule has 0 aromatic carbocycles. The monoisotopic (exact) mass is 160 g/mol. The summed E-state index contributed by atoms with van der Waals surface area (Å²) in [5.74, 6) is 0.138. The van der Waals surface area contributed by atoms with Crippen LogP contribution in [0.15, 0.2) is 4.99 Å². The zero-order valence-electron chi connectivity index (χ0n) is 6.84. The third-order valence-corrected chi connectivity index (χ3v) is 1.07. The molecule has 0 aromatic rings. The van der Waals surface area contributed by atoms with Crippen LogP contribution in [-0.2, 0) is 4.74 Å². The second-order valence-corrected chi connectivity index (χ2v) is 2.05. The van der Waals surface area contributed by atoms with Crippen molar-refractivity contribution in [2.24, 2.45) is 16.5 Å². The Morgan fingerprint density at radius 3 is 2.73 bits per heavy atom. The van der Waals surface area contributed by atoms with E-state index in [0.717, 1.165) is 13.1 Å². The van der Waals surface area contributed by atoms with Gasteiger partial charge in [0, 0.05) is 20.2 Å². The molecule has 11 heavy (non-hydrogen) atoms. The minimum Gasteiger partial charge on any atom is -0.383 e. The van der Waals surface area contributed by atoms with Crippen LogP contribution in [0.25, 0.3) is 0 Å². The Morgan fingerprint density at radius 1 is 1.45 bits per heavy atom. The summed E-state index contributed by atoms with van der Waals surface area (Å²) in [4.78, 5) is 3.79. The summed E-state index contributed by atoms with van der Waals surface area (Å²) in [6.45, 7) is 2.94. The minimum atomic E-state index is 0.138. The van der Waals surface area contributed by atoms with Crippen molar-refractivity contribution >= 4 is 5.96 Å². The van der Waals surface area contributed by atoms with Crippen LogP contribution in [0.4, 0.5) is 0 Å². The molecular weight excluding hydrogens is 144 g/mol. The Labute approximate surface area is 66.8 Å². The van der Waals surface area contributed by atoms with E-state index in [1.165, 1.54) is 0 Å². The zero-order valence-corrected chi connectivity index (χ0v) is 6.84. The summed E-state index contributed by atoms with van der Waals surface area (Å²) < 4.78 is 4.82. The molecule has 0 heterocycles. The Bertz CT molecular complexity index is 111. The molecule has 5 nitrogen and oxygen atoms in total. The summed E-state index contributed by atoms with van der Waals surface area (Å²) in [7, 11) is 1.66. The van der Waals surface area contributed by atoms with Crippen molar-refractivity contribution in [3.63, 3.8) is 0 Å². The number of aliphatic imine (C=N–C) groups is 1. The van der Waals surface area contributed by atoms with E-state index >= 15 is 0 Å². The lowest BCUT2D eigenvalue weighted by atomic mass is 10.6.